The van der Waals surface area contributed by atoms with E-state index in [4.69, 9.17) is 0 Å². The van der Waals surface area contributed by atoms with Crippen LogP contribution in [0.25, 0.3) is 0 Å². The minimum atomic E-state index is 0.928. The fourth-order valence-corrected chi connectivity index (χ4v) is 20.6. The molecule has 1 nitrogen and oxygen atoms in total. The summed E-state index contributed by atoms with van der Waals surface area (Å²) >= 11 is 0. The van der Waals surface area contributed by atoms with E-state index in [1.807, 2.05) is 0 Å². The fourth-order valence-electron chi connectivity index (χ4n) is 20.6. The molecule has 0 heterocycles. The lowest BCUT2D eigenvalue weighted by molar-refractivity contribution is -0.0363. The summed E-state index contributed by atoms with van der Waals surface area (Å²) in [6, 6.07) is 2.79. The van der Waals surface area contributed by atoms with E-state index in [0.29, 0.717) is 0 Å². The summed E-state index contributed by atoms with van der Waals surface area (Å²) in [5.74, 6) is 17.8. The Morgan fingerprint density at radius 3 is 1.21 bits per heavy atom. The molecule has 322 valence electrons. The molecule has 0 aromatic heterocycles. The van der Waals surface area contributed by atoms with Crippen molar-refractivity contribution in [1.29, 1.82) is 0 Å². The highest BCUT2D eigenvalue weighted by Gasteiger charge is 2.58. The molecule has 11 rings (SSSR count). The van der Waals surface area contributed by atoms with Crippen molar-refractivity contribution in [1.82, 2.24) is 4.90 Å². The fraction of sp³-hybridized carbons (Fsp3) is 1.00. The third-order valence-electron chi connectivity index (χ3n) is 22.8. The largest absolute Gasteiger partial charge is 0.294 e. The second-order valence-electron chi connectivity index (χ2n) is 25.0. The number of hydrogen-bond acceptors (Lipinski definition) is 1. The first kappa shape index (κ1) is 39.8. The minimum Gasteiger partial charge on any atom is -0.294 e. The first-order chi connectivity index (χ1) is 28.2. The normalized spacial score (nSPS) is 50.2. The predicted molar refractivity (Wildman–Crippen MR) is 240 cm³/mol. The van der Waals surface area contributed by atoms with Crippen molar-refractivity contribution >= 4 is 0 Å². The molecule has 12 unspecified atom stereocenters. The molecular formula is C56H93N. The summed E-state index contributed by atoms with van der Waals surface area (Å²) < 4.78 is 0. The molecule has 57 heavy (non-hydrogen) atoms. The van der Waals surface area contributed by atoms with Gasteiger partial charge in [0.25, 0.3) is 0 Å². The molecule has 11 fully saturated rings. The van der Waals surface area contributed by atoms with Gasteiger partial charge < -0.3 is 0 Å². The van der Waals surface area contributed by atoms with Gasteiger partial charge in [-0.2, -0.15) is 0 Å². The van der Waals surface area contributed by atoms with Crippen LogP contribution in [0.4, 0.5) is 0 Å². The van der Waals surface area contributed by atoms with Crippen LogP contribution in [0.15, 0.2) is 0 Å². The van der Waals surface area contributed by atoms with Crippen molar-refractivity contribution in [3.63, 3.8) is 0 Å². The Balaban J connectivity index is 0.806. The van der Waals surface area contributed by atoms with Gasteiger partial charge in [-0.15, -0.1) is 0 Å². The molecule has 0 N–H and O–H groups in total. The van der Waals surface area contributed by atoms with Gasteiger partial charge in [0.05, 0.1) is 0 Å². The summed E-state index contributed by atoms with van der Waals surface area (Å²) in [7, 11) is 0. The Labute approximate surface area is 354 Å². The highest BCUT2D eigenvalue weighted by Crippen LogP contribution is 2.65. The van der Waals surface area contributed by atoms with E-state index < -0.39 is 0 Å². The van der Waals surface area contributed by atoms with Crippen LogP contribution in [-0.4, -0.2) is 23.0 Å². The average Bonchev–Trinajstić information content (AvgIpc) is 3.90. The van der Waals surface area contributed by atoms with Crippen LogP contribution in [0.5, 0.6) is 0 Å². The maximum Gasteiger partial charge on any atom is 0.0104 e. The molecule has 1 heteroatoms. The van der Waals surface area contributed by atoms with Crippen molar-refractivity contribution in [2.24, 2.45) is 94.7 Å². The Hall–Kier alpha value is -0.0400. The van der Waals surface area contributed by atoms with E-state index in [1.54, 1.807) is 225 Å². The van der Waals surface area contributed by atoms with Gasteiger partial charge in [-0.25, -0.2) is 0 Å². The second-order valence-corrected chi connectivity index (χ2v) is 25.0. The lowest BCUT2D eigenvalue weighted by Crippen LogP contribution is -2.54. The molecular weight excluding hydrogens is 687 g/mol. The highest BCUT2D eigenvalue weighted by atomic mass is 15.2. The maximum absolute atomic E-state index is 3.45. The molecule has 0 saturated heterocycles. The van der Waals surface area contributed by atoms with Gasteiger partial charge in [-0.1, -0.05) is 122 Å². The lowest BCUT2D eigenvalue weighted by Gasteiger charge is -2.53. The van der Waals surface area contributed by atoms with Gasteiger partial charge in [0.15, 0.2) is 0 Å². The minimum absolute atomic E-state index is 0.928. The van der Waals surface area contributed by atoms with Gasteiger partial charge in [0.1, 0.15) is 0 Å². The summed E-state index contributed by atoms with van der Waals surface area (Å²) in [5.41, 5.74) is 0. The van der Waals surface area contributed by atoms with Gasteiger partial charge in [0, 0.05) is 18.1 Å². The van der Waals surface area contributed by atoms with E-state index in [0.717, 1.165) is 113 Å². The van der Waals surface area contributed by atoms with Crippen LogP contribution in [0, 0.1) is 94.7 Å². The molecule has 0 aromatic rings. The maximum atomic E-state index is 3.45. The molecule has 11 aliphatic carbocycles. The number of hydrogen-bond donors (Lipinski definition) is 0. The van der Waals surface area contributed by atoms with E-state index in [9.17, 15) is 0 Å². The zero-order valence-electron chi connectivity index (χ0n) is 37.6. The smallest absolute Gasteiger partial charge is 0.0104 e. The third-order valence-corrected chi connectivity index (χ3v) is 22.8. The van der Waals surface area contributed by atoms with Crippen molar-refractivity contribution in [2.45, 2.75) is 256 Å². The standard InChI is InChI=1S/C56H93N/c1-3-13-38(14-4-1)39-23-27-47(28-24-39)57(48-29-25-41(26-30-48)51-21-12-11-20-50(51)40-15-5-2-6-16-40)49-31-32-53-46(35-49)37-55-52-22-10-9-19-44(52)36-54(56(53)55)45-33-42-17-7-8-18-43(42)34-45/h38-56H,1-37H2. The first-order valence-electron chi connectivity index (χ1n) is 28.0. The predicted octanol–water partition coefficient (Wildman–Crippen LogP) is 15.8. The average molecular weight is 780 g/mol. The SMILES string of the molecule is C1CCC(C2CCC(N(C3CCC(C4CCCCC4C4CCCCC4)CC3)C3CCC4C(CC5C6CCCCC6CC(C6CC7CCCCC7C6)C45)C3)CC2)CC1. The Kier molecular flexibility index (Phi) is 12.5. The van der Waals surface area contributed by atoms with E-state index >= 15 is 0 Å². The highest BCUT2D eigenvalue weighted by molar-refractivity contribution is 5.08. The van der Waals surface area contributed by atoms with Gasteiger partial charge in [-0.05, 0) is 210 Å². The van der Waals surface area contributed by atoms with E-state index in [2.05, 4.69) is 4.90 Å². The Morgan fingerprint density at radius 1 is 0.193 bits per heavy atom. The molecule has 11 saturated carbocycles. The van der Waals surface area contributed by atoms with Crippen LogP contribution in [-0.2, 0) is 0 Å². The van der Waals surface area contributed by atoms with Crippen molar-refractivity contribution in [3.05, 3.63) is 0 Å². The van der Waals surface area contributed by atoms with Gasteiger partial charge >= 0.3 is 0 Å². The Morgan fingerprint density at radius 2 is 0.596 bits per heavy atom. The molecule has 0 aliphatic heterocycles. The molecule has 0 bridgehead atoms. The summed E-state index contributed by atoms with van der Waals surface area (Å²) in [4.78, 5) is 3.45. The third kappa shape index (κ3) is 8.09. The van der Waals surface area contributed by atoms with E-state index in [-0.39, 0.29) is 0 Å². The molecule has 0 spiro atoms. The van der Waals surface area contributed by atoms with Crippen molar-refractivity contribution < 1.29 is 0 Å². The summed E-state index contributed by atoms with van der Waals surface area (Å²) in [6.45, 7) is 0. The summed E-state index contributed by atoms with van der Waals surface area (Å²) in [6.07, 6.45) is 58.8. The molecule has 0 aromatic carbocycles. The molecule has 12 atom stereocenters. The molecule has 11 aliphatic rings. The topological polar surface area (TPSA) is 3.24 Å². The number of rotatable bonds is 7. The number of fused-ring (bicyclic) bond motifs is 6. The number of nitrogens with zero attached hydrogens (tertiary/aromatic N) is 1. The quantitative estimate of drug-likeness (QED) is 0.249. The van der Waals surface area contributed by atoms with E-state index in [1.165, 1.54) is 12.8 Å². The molecule has 0 radical (unpaired) electrons. The zero-order chi connectivity index (χ0) is 37.7. The first-order valence-corrected chi connectivity index (χ1v) is 28.0. The van der Waals surface area contributed by atoms with Crippen LogP contribution in [0.1, 0.15) is 238 Å². The van der Waals surface area contributed by atoms with Crippen LogP contribution in [0.3, 0.4) is 0 Å². The summed E-state index contributed by atoms with van der Waals surface area (Å²) in [5, 5.41) is 0. The van der Waals surface area contributed by atoms with Crippen molar-refractivity contribution in [3.8, 4) is 0 Å². The Bertz CT molecular complexity index is 1250. The van der Waals surface area contributed by atoms with Crippen LogP contribution < -0.4 is 0 Å². The lowest BCUT2D eigenvalue weighted by atomic mass is 9.54. The molecule has 0 amide bonds. The van der Waals surface area contributed by atoms with Crippen LogP contribution in [0.2, 0.25) is 0 Å². The second kappa shape index (κ2) is 18.0. The van der Waals surface area contributed by atoms with Gasteiger partial charge in [-0.3, -0.25) is 4.90 Å². The van der Waals surface area contributed by atoms with Gasteiger partial charge in [0.2, 0.25) is 0 Å². The zero-order valence-corrected chi connectivity index (χ0v) is 37.6. The van der Waals surface area contributed by atoms with Crippen LogP contribution >= 0.6 is 0 Å². The monoisotopic (exact) mass is 780 g/mol. The van der Waals surface area contributed by atoms with Crippen molar-refractivity contribution in [2.75, 3.05) is 0 Å².